The molecule has 1 saturated carbocycles. The van der Waals surface area contributed by atoms with Crippen LogP contribution in [-0.4, -0.2) is 31.2 Å². The first-order chi connectivity index (χ1) is 12.0. The third-order valence-electron chi connectivity index (χ3n) is 5.04. The molecule has 1 aliphatic rings. The Morgan fingerprint density at radius 3 is 2.32 bits per heavy atom. The zero-order valence-corrected chi connectivity index (χ0v) is 14.3. The summed E-state index contributed by atoms with van der Waals surface area (Å²) in [4.78, 5) is 14.8. The molecule has 4 nitrogen and oxygen atoms in total. The molecule has 2 aromatic carbocycles. The average Bonchev–Trinajstić information content (AvgIpc) is 2.56. The number of halogens is 1. The van der Waals surface area contributed by atoms with Crippen LogP contribution in [0.3, 0.4) is 0 Å². The van der Waals surface area contributed by atoms with Crippen molar-refractivity contribution in [1.82, 2.24) is 0 Å². The van der Waals surface area contributed by atoms with E-state index >= 15 is 0 Å². The van der Waals surface area contributed by atoms with Gasteiger partial charge in [0.1, 0.15) is 5.82 Å². The number of hydrogen-bond acceptors (Lipinski definition) is 3. The minimum Gasteiger partial charge on any atom is -0.395 e. The lowest BCUT2D eigenvalue weighted by atomic mass is 9.64. The second-order valence-electron chi connectivity index (χ2n) is 6.59. The Bertz CT molecular complexity index is 724. The van der Waals surface area contributed by atoms with Crippen molar-refractivity contribution < 1.29 is 14.3 Å². The number of nitrogens with zero attached hydrogens (tertiary/aromatic N) is 1. The zero-order valence-electron chi connectivity index (χ0n) is 14.3. The number of hydrogen-bond donors (Lipinski definition) is 2. The predicted octanol–water partition coefficient (Wildman–Crippen LogP) is 3.31. The summed E-state index contributed by atoms with van der Waals surface area (Å²) in [6.07, 6.45) is 2.55. The van der Waals surface area contributed by atoms with Crippen molar-refractivity contribution in [2.45, 2.75) is 24.7 Å². The summed E-state index contributed by atoms with van der Waals surface area (Å²) in [5, 5.41) is 12.0. The predicted molar refractivity (Wildman–Crippen MR) is 97.4 cm³/mol. The maximum atomic E-state index is 13.2. The molecule has 0 atom stereocenters. The summed E-state index contributed by atoms with van der Waals surface area (Å²) >= 11 is 0. The van der Waals surface area contributed by atoms with Crippen LogP contribution in [0.25, 0.3) is 0 Å². The van der Waals surface area contributed by atoms with Gasteiger partial charge in [0, 0.05) is 25.0 Å². The summed E-state index contributed by atoms with van der Waals surface area (Å²) in [6, 6.07) is 13.8. The van der Waals surface area contributed by atoms with Gasteiger partial charge in [-0.15, -0.1) is 0 Å². The molecule has 3 rings (SSSR count). The summed E-state index contributed by atoms with van der Waals surface area (Å²) in [5.41, 5.74) is 2.03. The molecule has 0 bridgehead atoms. The first-order valence-electron chi connectivity index (χ1n) is 8.55. The molecule has 0 radical (unpaired) electrons. The number of nitrogens with one attached hydrogen (secondary N) is 1. The van der Waals surface area contributed by atoms with Crippen molar-refractivity contribution >= 4 is 17.3 Å². The molecule has 0 heterocycles. The van der Waals surface area contributed by atoms with Gasteiger partial charge in [-0.1, -0.05) is 18.6 Å². The molecular formula is C20H23FN2O2. The number of rotatable bonds is 6. The highest BCUT2D eigenvalue weighted by Gasteiger charge is 2.45. The second kappa shape index (κ2) is 7.23. The third kappa shape index (κ3) is 3.51. The van der Waals surface area contributed by atoms with Gasteiger partial charge >= 0.3 is 0 Å². The van der Waals surface area contributed by atoms with E-state index in [9.17, 15) is 9.18 Å². The van der Waals surface area contributed by atoms with E-state index in [1.54, 1.807) is 12.1 Å². The van der Waals surface area contributed by atoms with E-state index in [2.05, 4.69) is 5.32 Å². The highest BCUT2D eigenvalue weighted by molar-refractivity contribution is 6.00. The minimum atomic E-state index is -0.556. The number of aliphatic hydroxyl groups is 1. The van der Waals surface area contributed by atoms with Crippen LogP contribution in [0.1, 0.15) is 24.8 Å². The summed E-state index contributed by atoms with van der Waals surface area (Å²) in [6.45, 7) is 0.647. The third-order valence-corrected chi connectivity index (χ3v) is 5.04. The number of aliphatic hydroxyl groups excluding tert-OH is 1. The van der Waals surface area contributed by atoms with E-state index < -0.39 is 5.41 Å². The molecule has 1 fully saturated rings. The number of benzene rings is 2. The molecule has 0 unspecified atom stereocenters. The van der Waals surface area contributed by atoms with Gasteiger partial charge in [0.25, 0.3) is 0 Å². The minimum absolute atomic E-state index is 0.0400. The fourth-order valence-electron chi connectivity index (χ4n) is 3.28. The first kappa shape index (κ1) is 17.4. The summed E-state index contributed by atoms with van der Waals surface area (Å²) in [5.74, 6) is -0.331. The van der Waals surface area contributed by atoms with E-state index in [1.807, 2.05) is 36.2 Å². The SMILES string of the molecule is CN(CCO)c1ccc(NC(=O)C2(c3ccc(F)cc3)CCC2)cc1. The largest absolute Gasteiger partial charge is 0.395 e. The summed E-state index contributed by atoms with van der Waals surface area (Å²) < 4.78 is 13.2. The first-order valence-corrected chi connectivity index (χ1v) is 8.55. The van der Waals surface area contributed by atoms with Gasteiger partial charge in [0.2, 0.25) is 5.91 Å². The van der Waals surface area contributed by atoms with E-state index in [0.29, 0.717) is 6.54 Å². The van der Waals surface area contributed by atoms with Crippen LogP contribution in [0.4, 0.5) is 15.8 Å². The molecule has 1 amide bonds. The monoisotopic (exact) mass is 342 g/mol. The van der Waals surface area contributed by atoms with Crippen LogP contribution in [0.2, 0.25) is 0 Å². The molecule has 0 saturated heterocycles. The number of anilines is 2. The van der Waals surface area contributed by atoms with Crippen LogP contribution in [0.15, 0.2) is 48.5 Å². The van der Waals surface area contributed by atoms with E-state index in [1.165, 1.54) is 12.1 Å². The number of amides is 1. The fourth-order valence-corrected chi connectivity index (χ4v) is 3.28. The topological polar surface area (TPSA) is 52.6 Å². The van der Waals surface area contributed by atoms with E-state index in [4.69, 9.17) is 5.11 Å². The quantitative estimate of drug-likeness (QED) is 0.847. The highest BCUT2D eigenvalue weighted by Crippen LogP contribution is 2.44. The molecule has 0 spiro atoms. The fraction of sp³-hybridized carbons (Fsp3) is 0.350. The Morgan fingerprint density at radius 1 is 1.16 bits per heavy atom. The van der Waals surface area contributed by atoms with Gasteiger partial charge in [-0.05, 0) is 54.8 Å². The number of carbonyl (C=O) groups is 1. The van der Waals surface area contributed by atoms with Crippen LogP contribution < -0.4 is 10.2 Å². The molecule has 2 aromatic rings. The van der Waals surface area contributed by atoms with Gasteiger partial charge in [-0.2, -0.15) is 0 Å². The van der Waals surface area contributed by atoms with Crippen LogP contribution >= 0.6 is 0 Å². The molecule has 5 heteroatoms. The van der Waals surface area contributed by atoms with Crippen molar-refractivity contribution in [2.24, 2.45) is 0 Å². The Morgan fingerprint density at radius 2 is 1.80 bits per heavy atom. The van der Waals surface area contributed by atoms with Crippen LogP contribution in [-0.2, 0) is 10.2 Å². The van der Waals surface area contributed by atoms with Crippen LogP contribution in [0, 0.1) is 5.82 Å². The van der Waals surface area contributed by atoms with Crippen molar-refractivity contribution in [3.63, 3.8) is 0 Å². The molecule has 1 aliphatic carbocycles. The molecule has 132 valence electrons. The second-order valence-corrected chi connectivity index (χ2v) is 6.59. The normalized spacial score (nSPS) is 15.3. The number of carbonyl (C=O) groups excluding carboxylic acids is 1. The van der Waals surface area contributed by atoms with Gasteiger partial charge < -0.3 is 15.3 Å². The van der Waals surface area contributed by atoms with Crippen LogP contribution in [0.5, 0.6) is 0 Å². The lowest BCUT2D eigenvalue weighted by molar-refractivity contribution is -0.124. The Balaban J connectivity index is 1.73. The highest BCUT2D eigenvalue weighted by atomic mass is 19.1. The van der Waals surface area contributed by atoms with Crippen molar-refractivity contribution in [3.8, 4) is 0 Å². The molecule has 0 aromatic heterocycles. The standard InChI is InChI=1S/C20H23FN2O2/c1-23(13-14-24)18-9-7-17(8-10-18)22-19(25)20(11-2-12-20)15-3-5-16(21)6-4-15/h3-10,24H,2,11-14H2,1H3,(H,22,25). The lowest BCUT2D eigenvalue weighted by Crippen LogP contribution is -2.46. The molecular weight excluding hydrogens is 319 g/mol. The van der Waals surface area contributed by atoms with Gasteiger partial charge in [-0.25, -0.2) is 4.39 Å². The Hall–Kier alpha value is -2.40. The van der Waals surface area contributed by atoms with Crippen molar-refractivity contribution in [1.29, 1.82) is 0 Å². The zero-order chi connectivity index (χ0) is 17.9. The molecule has 2 N–H and O–H groups in total. The average molecular weight is 342 g/mol. The van der Waals surface area contributed by atoms with Gasteiger partial charge in [-0.3, -0.25) is 4.79 Å². The van der Waals surface area contributed by atoms with E-state index in [0.717, 1.165) is 36.2 Å². The van der Waals surface area contributed by atoms with Gasteiger partial charge in [0.15, 0.2) is 0 Å². The summed E-state index contributed by atoms with van der Waals surface area (Å²) in [7, 11) is 1.90. The molecule has 25 heavy (non-hydrogen) atoms. The van der Waals surface area contributed by atoms with E-state index in [-0.39, 0.29) is 18.3 Å². The smallest absolute Gasteiger partial charge is 0.235 e. The maximum Gasteiger partial charge on any atom is 0.235 e. The Labute approximate surface area is 147 Å². The van der Waals surface area contributed by atoms with Gasteiger partial charge in [0.05, 0.1) is 12.0 Å². The number of likely N-dealkylation sites (N-methyl/N-ethyl adjacent to an activating group) is 1. The van der Waals surface area contributed by atoms with Crippen molar-refractivity contribution in [2.75, 3.05) is 30.4 Å². The van der Waals surface area contributed by atoms with Crippen molar-refractivity contribution in [3.05, 3.63) is 59.9 Å². The Kier molecular flexibility index (Phi) is 5.04. The maximum absolute atomic E-state index is 13.2. The lowest BCUT2D eigenvalue weighted by Gasteiger charge is -2.40. The molecule has 0 aliphatic heterocycles.